The second-order valence-electron chi connectivity index (χ2n) is 3.11. The van der Waals surface area contributed by atoms with Gasteiger partial charge in [-0.1, -0.05) is 28.3 Å². The Hall–Kier alpha value is -1.22. The van der Waals surface area contributed by atoms with Crippen LogP contribution in [0.15, 0.2) is 23.3 Å². The van der Waals surface area contributed by atoms with E-state index in [1.807, 2.05) is 0 Å². The second kappa shape index (κ2) is 6.38. The lowest BCUT2D eigenvalue weighted by atomic mass is 10.1. The maximum atomic E-state index is 11.6. The molecule has 0 aliphatic heterocycles. The normalized spacial score (nSPS) is 9.62. The van der Waals surface area contributed by atoms with Crippen LogP contribution in [0.25, 0.3) is 10.4 Å². The van der Waals surface area contributed by atoms with Crippen LogP contribution in [0.5, 0.6) is 0 Å². The molecule has 4 nitrogen and oxygen atoms in total. The average Bonchev–Trinajstić information content (AvgIpc) is 2.28. The van der Waals surface area contributed by atoms with Crippen LogP contribution in [0.2, 0.25) is 10.0 Å². The van der Waals surface area contributed by atoms with Crippen molar-refractivity contribution in [2.45, 2.75) is 12.8 Å². The molecule has 0 aliphatic rings. The highest BCUT2D eigenvalue weighted by molar-refractivity contribution is 6.42. The Morgan fingerprint density at radius 1 is 1.38 bits per heavy atom. The standard InChI is InChI=1S/C10H9Cl2N3O/c11-8-4-3-7(6-9(8)12)10(16)2-1-5-14-15-13/h3-4,6H,1-2,5H2. The molecule has 0 fully saturated rings. The van der Waals surface area contributed by atoms with Gasteiger partial charge in [0.05, 0.1) is 10.0 Å². The second-order valence-corrected chi connectivity index (χ2v) is 3.92. The van der Waals surface area contributed by atoms with E-state index in [0.717, 1.165) is 0 Å². The fourth-order valence-corrected chi connectivity index (χ4v) is 1.47. The zero-order chi connectivity index (χ0) is 12.0. The summed E-state index contributed by atoms with van der Waals surface area (Å²) in [6.07, 6.45) is 0.861. The molecule has 0 heterocycles. The average molecular weight is 258 g/mol. The third-order valence-corrected chi connectivity index (χ3v) is 2.71. The molecule has 0 aromatic heterocycles. The van der Waals surface area contributed by atoms with Gasteiger partial charge in [0.1, 0.15) is 0 Å². The molecule has 0 amide bonds. The van der Waals surface area contributed by atoms with Gasteiger partial charge in [-0.05, 0) is 30.2 Å². The Kier molecular flexibility index (Phi) is 5.12. The zero-order valence-electron chi connectivity index (χ0n) is 8.36. The molecule has 0 atom stereocenters. The van der Waals surface area contributed by atoms with Gasteiger partial charge in [0.25, 0.3) is 0 Å². The summed E-state index contributed by atoms with van der Waals surface area (Å²) in [5.41, 5.74) is 8.58. The summed E-state index contributed by atoms with van der Waals surface area (Å²) in [6.45, 7) is 0.323. The molecule has 0 unspecified atom stereocenters. The third kappa shape index (κ3) is 3.74. The first kappa shape index (κ1) is 12.8. The number of carbonyl (C=O) groups is 1. The van der Waals surface area contributed by atoms with E-state index >= 15 is 0 Å². The first-order valence-corrected chi connectivity index (χ1v) is 5.40. The Morgan fingerprint density at radius 3 is 2.75 bits per heavy atom. The summed E-state index contributed by atoms with van der Waals surface area (Å²) in [5, 5.41) is 4.14. The predicted octanol–water partition coefficient (Wildman–Crippen LogP) is 4.27. The van der Waals surface area contributed by atoms with Crippen LogP contribution in [0, 0.1) is 0 Å². The number of hydrogen-bond donors (Lipinski definition) is 0. The zero-order valence-corrected chi connectivity index (χ0v) is 9.87. The molecule has 0 saturated heterocycles. The van der Waals surface area contributed by atoms with Crippen molar-refractivity contribution in [3.05, 3.63) is 44.3 Å². The van der Waals surface area contributed by atoms with Crippen molar-refractivity contribution in [3.8, 4) is 0 Å². The number of hydrogen-bond acceptors (Lipinski definition) is 2. The van der Waals surface area contributed by atoms with E-state index in [0.29, 0.717) is 35.0 Å². The van der Waals surface area contributed by atoms with Crippen LogP contribution in [0.4, 0.5) is 0 Å². The Labute approximate surface area is 103 Å². The molecule has 1 aromatic rings. The summed E-state index contributed by atoms with van der Waals surface area (Å²) in [5.74, 6) is -0.0355. The Balaban J connectivity index is 2.59. The smallest absolute Gasteiger partial charge is 0.162 e. The highest BCUT2D eigenvalue weighted by Crippen LogP contribution is 2.23. The van der Waals surface area contributed by atoms with Crippen molar-refractivity contribution < 1.29 is 4.79 Å². The van der Waals surface area contributed by atoms with Crippen molar-refractivity contribution >= 4 is 29.0 Å². The predicted molar refractivity (Wildman–Crippen MR) is 64.0 cm³/mol. The molecule has 0 saturated carbocycles. The number of ketones is 1. The van der Waals surface area contributed by atoms with E-state index in [2.05, 4.69) is 10.0 Å². The van der Waals surface area contributed by atoms with Crippen LogP contribution in [0.3, 0.4) is 0 Å². The number of azide groups is 1. The van der Waals surface area contributed by atoms with Crippen LogP contribution in [-0.4, -0.2) is 12.3 Å². The molecule has 0 radical (unpaired) electrons. The quantitative estimate of drug-likeness (QED) is 0.256. The van der Waals surface area contributed by atoms with E-state index in [1.165, 1.54) is 0 Å². The van der Waals surface area contributed by atoms with Crippen LogP contribution < -0.4 is 0 Å². The monoisotopic (exact) mass is 257 g/mol. The van der Waals surface area contributed by atoms with Crippen molar-refractivity contribution in [1.29, 1.82) is 0 Å². The minimum absolute atomic E-state index is 0.0355. The Morgan fingerprint density at radius 2 is 2.12 bits per heavy atom. The van der Waals surface area contributed by atoms with Crippen LogP contribution in [-0.2, 0) is 0 Å². The number of rotatable bonds is 5. The molecule has 0 aliphatic carbocycles. The van der Waals surface area contributed by atoms with Crippen molar-refractivity contribution in [3.63, 3.8) is 0 Å². The summed E-state index contributed by atoms with van der Waals surface area (Å²) in [4.78, 5) is 14.2. The fraction of sp³-hybridized carbons (Fsp3) is 0.300. The molecule has 1 aromatic carbocycles. The van der Waals surface area contributed by atoms with E-state index in [4.69, 9.17) is 28.7 Å². The van der Waals surface area contributed by atoms with E-state index in [1.54, 1.807) is 18.2 Å². The van der Waals surface area contributed by atoms with Crippen molar-refractivity contribution in [2.24, 2.45) is 5.11 Å². The number of carbonyl (C=O) groups excluding carboxylic acids is 1. The molecule has 1 rings (SSSR count). The van der Waals surface area contributed by atoms with Gasteiger partial charge in [0, 0.05) is 23.4 Å². The molecular weight excluding hydrogens is 249 g/mol. The van der Waals surface area contributed by atoms with Crippen molar-refractivity contribution in [2.75, 3.05) is 6.54 Å². The first-order valence-electron chi connectivity index (χ1n) is 4.64. The Bertz CT molecular complexity index is 442. The lowest BCUT2D eigenvalue weighted by molar-refractivity contribution is 0.0981. The lowest BCUT2D eigenvalue weighted by Crippen LogP contribution is -1.99. The molecule has 0 spiro atoms. The topological polar surface area (TPSA) is 65.8 Å². The highest BCUT2D eigenvalue weighted by Gasteiger charge is 2.07. The van der Waals surface area contributed by atoms with Crippen LogP contribution >= 0.6 is 23.2 Å². The fourth-order valence-electron chi connectivity index (χ4n) is 1.17. The highest BCUT2D eigenvalue weighted by atomic mass is 35.5. The van der Waals surface area contributed by atoms with Gasteiger partial charge in [-0.25, -0.2) is 0 Å². The lowest BCUT2D eigenvalue weighted by Gasteiger charge is -2.01. The summed E-state index contributed by atoms with van der Waals surface area (Å²) >= 11 is 11.5. The maximum Gasteiger partial charge on any atom is 0.162 e. The number of halogens is 2. The summed E-state index contributed by atoms with van der Waals surface area (Å²) < 4.78 is 0. The molecular formula is C10H9Cl2N3O. The number of nitrogens with zero attached hydrogens (tertiary/aromatic N) is 3. The molecule has 6 heteroatoms. The van der Waals surface area contributed by atoms with E-state index in [-0.39, 0.29) is 5.78 Å². The van der Waals surface area contributed by atoms with E-state index < -0.39 is 0 Å². The van der Waals surface area contributed by atoms with Gasteiger partial charge in [0.15, 0.2) is 5.78 Å². The van der Waals surface area contributed by atoms with Gasteiger partial charge in [-0.3, -0.25) is 4.79 Å². The summed E-state index contributed by atoms with van der Waals surface area (Å²) in [6, 6.07) is 4.76. The molecule has 16 heavy (non-hydrogen) atoms. The summed E-state index contributed by atoms with van der Waals surface area (Å²) in [7, 11) is 0. The minimum atomic E-state index is -0.0355. The molecule has 84 valence electrons. The van der Waals surface area contributed by atoms with Gasteiger partial charge < -0.3 is 0 Å². The van der Waals surface area contributed by atoms with Crippen LogP contribution in [0.1, 0.15) is 23.2 Å². The van der Waals surface area contributed by atoms with Crippen molar-refractivity contribution in [1.82, 2.24) is 0 Å². The van der Waals surface area contributed by atoms with E-state index in [9.17, 15) is 4.79 Å². The third-order valence-electron chi connectivity index (χ3n) is 1.97. The van der Waals surface area contributed by atoms with Gasteiger partial charge >= 0.3 is 0 Å². The molecule has 0 N–H and O–H groups in total. The minimum Gasteiger partial charge on any atom is -0.294 e. The number of benzene rings is 1. The molecule has 0 bridgehead atoms. The van der Waals surface area contributed by atoms with Gasteiger partial charge in [-0.15, -0.1) is 0 Å². The maximum absolute atomic E-state index is 11.6. The number of Topliss-reactive ketones (excluding diaryl/α,β-unsaturated/α-hetero) is 1. The van der Waals surface area contributed by atoms with Gasteiger partial charge in [0.2, 0.25) is 0 Å². The largest absolute Gasteiger partial charge is 0.294 e. The van der Waals surface area contributed by atoms with Gasteiger partial charge in [-0.2, -0.15) is 0 Å². The SMILES string of the molecule is [N-]=[N+]=NCCCC(=O)c1ccc(Cl)c(Cl)c1. The first-order chi connectivity index (χ1) is 7.65.